The Hall–Kier alpha value is -3.15. The van der Waals surface area contributed by atoms with Gasteiger partial charge in [-0.15, -0.1) is 0 Å². The summed E-state index contributed by atoms with van der Waals surface area (Å²) < 4.78 is 1.50. The topological polar surface area (TPSA) is 76.0 Å². The molecule has 2 aromatic carbocycles. The fourth-order valence-corrected chi connectivity index (χ4v) is 2.91. The first-order valence-corrected chi connectivity index (χ1v) is 8.69. The fourth-order valence-electron chi connectivity index (χ4n) is 2.91. The van der Waals surface area contributed by atoms with Crippen LogP contribution in [0, 0.1) is 0 Å². The van der Waals surface area contributed by atoms with Crippen LogP contribution < -0.4 is 16.4 Å². The average Bonchev–Trinajstić information content (AvgIpc) is 2.67. The minimum Gasteiger partial charge on any atom is -0.277 e. The summed E-state index contributed by atoms with van der Waals surface area (Å²) in [5.74, 6) is 0.263. The van der Waals surface area contributed by atoms with Gasteiger partial charge in [-0.2, -0.15) is 0 Å². The Morgan fingerprint density at radius 3 is 2.54 bits per heavy atom. The Balaban J connectivity index is 1.73. The first kappa shape index (κ1) is 17.7. The standard InChI is InChI=1S/C20H22N4O2/c1-3-24-19(26)16-11-7-8-12-17(16)21-20(24)23-22-18(25)13-14(2)15-9-5-4-6-10-15/h4-12,14H,3,13H2,1-2H3,(H,21,23)(H,22,25). The lowest BCUT2D eigenvalue weighted by atomic mass is 9.98. The summed E-state index contributed by atoms with van der Waals surface area (Å²) in [4.78, 5) is 29.3. The lowest BCUT2D eigenvalue weighted by molar-refractivity contribution is -0.120. The maximum absolute atomic E-state index is 12.6. The number of carbonyl (C=O) groups is 1. The van der Waals surface area contributed by atoms with E-state index in [0.29, 0.717) is 29.8 Å². The zero-order chi connectivity index (χ0) is 18.5. The van der Waals surface area contributed by atoms with E-state index in [1.165, 1.54) is 4.57 Å². The van der Waals surface area contributed by atoms with Crippen LogP contribution in [0.2, 0.25) is 0 Å². The third-order valence-corrected chi connectivity index (χ3v) is 4.35. The number of aromatic nitrogens is 2. The highest BCUT2D eigenvalue weighted by Crippen LogP contribution is 2.18. The van der Waals surface area contributed by atoms with Crippen molar-refractivity contribution >= 4 is 22.8 Å². The first-order chi connectivity index (χ1) is 12.6. The van der Waals surface area contributed by atoms with Gasteiger partial charge in [-0.05, 0) is 30.5 Å². The van der Waals surface area contributed by atoms with Crippen molar-refractivity contribution in [3.8, 4) is 0 Å². The molecule has 6 nitrogen and oxygen atoms in total. The number of nitrogens with zero attached hydrogens (tertiary/aromatic N) is 2. The van der Waals surface area contributed by atoms with E-state index in [1.54, 1.807) is 12.1 Å². The Kier molecular flexibility index (Phi) is 5.31. The summed E-state index contributed by atoms with van der Waals surface area (Å²) in [5, 5.41) is 0.559. The van der Waals surface area contributed by atoms with Gasteiger partial charge >= 0.3 is 0 Å². The molecular weight excluding hydrogens is 328 g/mol. The number of benzene rings is 2. The van der Waals surface area contributed by atoms with Gasteiger partial charge in [-0.25, -0.2) is 4.98 Å². The highest BCUT2D eigenvalue weighted by atomic mass is 16.2. The predicted octanol–water partition coefficient (Wildman–Crippen LogP) is 3.05. The summed E-state index contributed by atoms with van der Waals surface area (Å²) in [7, 11) is 0. The van der Waals surface area contributed by atoms with Gasteiger partial charge in [0.2, 0.25) is 11.9 Å². The van der Waals surface area contributed by atoms with Crippen molar-refractivity contribution < 1.29 is 4.79 Å². The zero-order valence-electron chi connectivity index (χ0n) is 14.9. The van der Waals surface area contributed by atoms with Crippen molar-refractivity contribution in [1.82, 2.24) is 15.0 Å². The van der Waals surface area contributed by atoms with E-state index in [2.05, 4.69) is 15.8 Å². The van der Waals surface area contributed by atoms with Gasteiger partial charge in [0.1, 0.15) is 0 Å². The van der Waals surface area contributed by atoms with E-state index in [-0.39, 0.29) is 17.4 Å². The molecular formula is C20H22N4O2. The normalized spacial score (nSPS) is 11.9. The van der Waals surface area contributed by atoms with Crippen molar-refractivity contribution in [1.29, 1.82) is 0 Å². The number of fused-ring (bicyclic) bond motifs is 1. The molecule has 1 unspecified atom stereocenters. The number of anilines is 1. The van der Waals surface area contributed by atoms with Crippen LogP contribution in [-0.4, -0.2) is 15.5 Å². The van der Waals surface area contributed by atoms with Gasteiger partial charge in [0.05, 0.1) is 10.9 Å². The van der Waals surface area contributed by atoms with Crippen molar-refractivity contribution in [2.45, 2.75) is 32.7 Å². The molecule has 1 aromatic heterocycles. The Bertz CT molecular complexity index is 966. The molecule has 2 N–H and O–H groups in total. The van der Waals surface area contributed by atoms with Crippen LogP contribution in [0.5, 0.6) is 0 Å². The average molecular weight is 350 g/mol. The van der Waals surface area contributed by atoms with Gasteiger partial charge in [0, 0.05) is 13.0 Å². The lowest BCUT2D eigenvalue weighted by Crippen LogP contribution is -2.34. The van der Waals surface area contributed by atoms with Crippen molar-refractivity contribution in [2.75, 3.05) is 5.43 Å². The largest absolute Gasteiger partial charge is 0.277 e. The number of rotatable bonds is 6. The SMILES string of the molecule is CCn1c(NNC(=O)CC(C)c2ccccc2)nc2ccccc2c1=O. The second-order valence-corrected chi connectivity index (χ2v) is 6.19. The van der Waals surface area contributed by atoms with E-state index in [0.717, 1.165) is 5.56 Å². The molecule has 0 bridgehead atoms. The van der Waals surface area contributed by atoms with Crippen LogP contribution in [0.15, 0.2) is 59.4 Å². The van der Waals surface area contributed by atoms with Gasteiger partial charge in [-0.3, -0.25) is 25.0 Å². The Labute approximate surface area is 151 Å². The first-order valence-electron chi connectivity index (χ1n) is 8.69. The molecule has 3 aromatic rings. The molecule has 0 aliphatic rings. The number of nitrogens with one attached hydrogen (secondary N) is 2. The van der Waals surface area contributed by atoms with Crippen LogP contribution in [0.3, 0.4) is 0 Å². The van der Waals surface area contributed by atoms with Crippen LogP contribution >= 0.6 is 0 Å². The van der Waals surface area contributed by atoms with Gasteiger partial charge < -0.3 is 0 Å². The predicted molar refractivity (Wildman–Crippen MR) is 103 cm³/mol. The summed E-state index contributed by atoms with van der Waals surface area (Å²) in [6, 6.07) is 17.0. The van der Waals surface area contributed by atoms with E-state index in [9.17, 15) is 9.59 Å². The van der Waals surface area contributed by atoms with Crippen LogP contribution in [0.4, 0.5) is 5.95 Å². The molecule has 0 aliphatic carbocycles. The second kappa shape index (κ2) is 7.82. The highest BCUT2D eigenvalue weighted by Gasteiger charge is 2.13. The minimum atomic E-state index is -0.161. The molecule has 0 saturated carbocycles. The monoisotopic (exact) mass is 350 g/mol. The van der Waals surface area contributed by atoms with Crippen molar-refractivity contribution in [3.63, 3.8) is 0 Å². The molecule has 1 heterocycles. The number of hydrazine groups is 1. The molecule has 0 aliphatic heterocycles. The maximum atomic E-state index is 12.6. The highest BCUT2D eigenvalue weighted by molar-refractivity contribution is 5.80. The van der Waals surface area contributed by atoms with Gasteiger partial charge in [0.15, 0.2) is 0 Å². The van der Waals surface area contributed by atoms with Crippen molar-refractivity contribution in [3.05, 3.63) is 70.5 Å². The van der Waals surface area contributed by atoms with Gasteiger partial charge in [0.25, 0.3) is 5.56 Å². The van der Waals surface area contributed by atoms with Crippen LogP contribution in [0.25, 0.3) is 10.9 Å². The van der Waals surface area contributed by atoms with E-state index >= 15 is 0 Å². The lowest BCUT2D eigenvalue weighted by Gasteiger charge is -2.15. The third-order valence-electron chi connectivity index (χ3n) is 4.35. The molecule has 134 valence electrons. The third kappa shape index (κ3) is 3.74. The van der Waals surface area contributed by atoms with Crippen LogP contribution in [0.1, 0.15) is 31.7 Å². The van der Waals surface area contributed by atoms with Crippen LogP contribution in [-0.2, 0) is 11.3 Å². The number of hydrogen-bond donors (Lipinski definition) is 2. The number of amides is 1. The number of hydrogen-bond acceptors (Lipinski definition) is 4. The minimum absolute atomic E-state index is 0.0935. The summed E-state index contributed by atoms with van der Waals surface area (Å²) >= 11 is 0. The maximum Gasteiger partial charge on any atom is 0.262 e. The quantitative estimate of drug-likeness (QED) is 0.670. The summed E-state index contributed by atoms with van der Waals surface area (Å²) in [6.07, 6.45) is 0.334. The van der Waals surface area contributed by atoms with E-state index in [4.69, 9.17) is 0 Å². The number of para-hydroxylation sites is 1. The Morgan fingerprint density at radius 1 is 1.12 bits per heavy atom. The van der Waals surface area contributed by atoms with Gasteiger partial charge in [-0.1, -0.05) is 49.4 Å². The smallest absolute Gasteiger partial charge is 0.262 e. The van der Waals surface area contributed by atoms with E-state index in [1.807, 2.05) is 56.3 Å². The Morgan fingerprint density at radius 2 is 1.81 bits per heavy atom. The number of carbonyl (C=O) groups excluding carboxylic acids is 1. The molecule has 1 atom stereocenters. The molecule has 0 saturated heterocycles. The second-order valence-electron chi connectivity index (χ2n) is 6.19. The molecule has 0 radical (unpaired) electrons. The fraction of sp³-hybridized carbons (Fsp3) is 0.250. The van der Waals surface area contributed by atoms with Crippen molar-refractivity contribution in [2.24, 2.45) is 0 Å². The molecule has 26 heavy (non-hydrogen) atoms. The molecule has 1 amide bonds. The van der Waals surface area contributed by atoms with E-state index < -0.39 is 0 Å². The zero-order valence-corrected chi connectivity index (χ0v) is 14.9. The summed E-state index contributed by atoms with van der Waals surface area (Å²) in [5.41, 5.74) is 7.03. The molecule has 0 fully saturated rings. The molecule has 3 rings (SSSR count). The molecule has 0 spiro atoms. The molecule has 6 heteroatoms. The summed E-state index contributed by atoms with van der Waals surface area (Å²) in [6.45, 7) is 4.32.